The van der Waals surface area contributed by atoms with E-state index in [2.05, 4.69) is 4.98 Å². The molecule has 1 aliphatic heterocycles. The van der Waals surface area contributed by atoms with Gasteiger partial charge in [-0.3, -0.25) is 4.79 Å². The van der Waals surface area contributed by atoms with E-state index >= 15 is 0 Å². The summed E-state index contributed by atoms with van der Waals surface area (Å²) in [7, 11) is 0. The molecule has 2 aromatic carbocycles. The molecule has 1 aromatic heterocycles. The molecule has 0 unspecified atom stereocenters. The molecular formula is C20H17F3N2O3. The Labute approximate surface area is 158 Å². The zero-order valence-electron chi connectivity index (χ0n) is 14.8. The first-order chi connectivity index (χ1) is 13.4. The number of benzene rings is 2. The van der Waals surface area contributed by atoms with Crippen molar-refractivity contribution in [1.29, 1.82) is 0 Å². The van der Waals surface area contributed by atoms with Gasteiger partial charge in [0.15, 0.2) is 5.58 Å². The third-order valence-corrected chi connectivity index (χ3v) is 4.78. The van der Waals surface area contributed by atoms with E-state index in [0.717, 1.165) is 17.6 Å². The Morgan fingerprint density at radius 3 is 2.46 bits per heavy atom. The van der Waals surface area contributed by atoms with Crippen LogP contribution in [0.3, 0.4) is 0 Å². The summed E-state index contributed by atoms with van der Waals surface area (Å²) in [5, 5.41) is 0. The molecule has 1 saturated heterocycles. The average molecular weight is 390 g/mol. The first kappa shape index (κ1) is 18.3. The molecule has 1 aliphatic rings. The Balaban J connectivity index is 1.41. The summed E-state index contributed by atoms with van der Waals surface area (Å²) in [6.45, 7) is 1.01. The number of piperidine rings is 1. The van der Waals surface area contributed by atoms with Crippen molar-refractivity contribution in [2.24, 2.45) is 5.92 Å². The number of carbonyl (C=O) groups is 1. The summed E-state index contributed by atoms with van der Waals surface area (Å²) in [5.41, 5.74) is 0.484. The van der Waals surface area contributed by atoms with Gasteiger partial charge < -0.3 is 14.1 Å². The minimum absolute atomic E-state index is 0.450. The van der Waals surface area contributed by atoms with Gasteiger partial charge in [0.1, 0.15) is 11.3 Å². The highest BCUT2D eigenvalue weighted by Gasteiger charge is 2.36. The number of nitrogens with zero attached hydrogens (tertiary/aromatic N) is 2. The van der Waals surface area contributed by atoms with Gasteiger partial charge in [0, 0.05) is 13.1 Å². The van der Waals surface area contributed by atoms with Gasteiger partial charge in [0.2, 0.25) is 0 Å². The highest BCUT2D eigenvalue weighted by molar-refractivity contribution is 5.76. The molecule has 0 spiro atoms. The molecule has 146 valence electrons. The predicted octanol–water partition coefficient (Wildman–Crippen LogP) is 4.67. The van der Waals surface area contributed by atoms with E-state index < -0.39 is 29.4 Å². The van der Waals surface area contributed by atoms with Gasteiger partial charge in [-0.25, -0.2) is 0 Å². The van der Waals surface area contributed by atoms with Crippen molar-refractivity contribution >= 4 is 23.1 Å². The number of hydrogen-bond acceptors (Lipinski definition) is 5. The number of fused-ring (bicyclic) bond motifs is 1. The Morgan fingerprint density at radius 1 is 1.07 bits per heavy atom. The van der Waals surface area contributed by atoms with Crippen molar-refractivity contribution in [3.05, 3.63) is 54.1 Å². The number of carbonyl (C=O) groups excluding carboxylic acids is 1. The second-order valence-electron chi connectivity index (χ2n) is 6.64. The second kappa shape index (κ2) is 7.18. The predicted molar refractivity (Wildman–Crippen MR) is 96.0 cm³/mol. The van der Waals surface area contributed by atoms with Gasteiger partial charge in [0.05, 0.1) is 11.5 Å². The van der Waals surface area contributed by atoms with Gasteiger partial charge >= 0.3 is 12.1 Å². The number of halogens is 3. The van der Waals surface area contributed by atoms with Crippen LogP contribution in [0, 0.1) is 5.92 Å². The van der Waals surface area contributed by atoms with Crippen LogP contribution in [0.25, 0.3) is 11.1 Å². The van der Waals surface area contributed by atoms with Crippen LogP contribution in [0.2, 0.25) is 0 Å². The smallest absolute Gasteiger partial charge is 0.419 e. The summed E-state index contributed by atoms with van der Waals surface area (Å²) < 4.78 is 50.0. The molecule has 0 atom stereocenters. The largest absolute Gasteiger partial charge is 0.426 e. The standard InChI is InChI=1S/C20H17F3N2O3/c21-20(22,23)14-5-1-3-7-16(14)27-18(26)13-9-11-25(12-10-13)19-24-15-6-2-4-8-17(15)28-19/h1-8,13H,9-12H2. The molecule has 28 heavy (non-hydrogen) atoms. The van der Waals surface area contributed by atoms with Crippen molar-refractivity contribution in [2.45, 2.75) is 19.0 Å². The molecule has 0 aliphatic carbocycles. The zero-order chi connectivity index (χ0) is 19.7. The van der Waals surface area contributed by atoms with Crippen LogP contribution in [-0.2, 0) is 11.0 Å². The van der Waals surface area contributed by atoms with E-state index in [-0.39, 0.29) is 0 Å². The highest BCUT2D eigenvalue weighted by Crippen LogP contribution is 2.36. The number of rotatable bonds is 3. The van der Waals surface area contributed by atoms with Gasteiger partial charge in [-0.05, 0) is 37.1 Å². The number of hydrogen-bond donors (Lipinski definition) is 0. The molecule has 4 rings (SSSR count). The summed E-state index contributed by atoms with van der Waals surface area (Å²) in [6.07, 6.45) is -3.68. The van der Waals surface area contributed by atoms with Gasteiger partial charge in [0.25, 0.3) is 6.01 Å². The van der Waals surface area contributed by atoms with Crippen LogP contribution < -0.4 is 9.64 Å². The fourth-order valence-corrected chi connectivity index (χ4v) is 3.28. The summed E-state index contributed by atoms with van der Waals surface area (Å²) in [4.78, 5) is 18.7. The SMILES string of the molecule is O=C(Oc1ccccc1C(F)(F)F)C1CCN(c2nc3ccccc3o2)CC1. The minimum Gasteiger partial charge on any atom is -0.426 e. The van der Waals surface area contributed by atoms with Crippen molar-refractivity contribution in [3.8, 4) is 5.75 Å². The number of ether oxygens (including phenoxy) is 1. The summed E-state index contributed by atoms with van der Waals surface area (Å²) in [6, 6.07) is 12.6. The lowest BCUT2D eigenvalue weighted by Crippen LogP contribution is -2.38. The molecule has 1 fully saturated rings. The third-order valence-electron chi connectivity index (χ3n) is 4.78. The van der Waals surface area contributed by atoms with Crippen molar-refractivity contribution < 1.29 is 27.1 Å². The molecule has 0 amide bonds. The lowest BCUT2D eigenvalue weighted by Gasteiger charge is -2.29. The van der Waals surface area contributed by atoms with E-state index in [0.29, 0.717) is 37.5 Å². The molecule has 0 radical (unpaired) electrons. The van der Waals surface area contributed by atoms with Crippen molar-refractivity contribution in [1.82, 2.24) is 4.98 Å². The van der Waals surface area contributed by atoms with Gasteiger partial charge in [-0.1, -0.05) is 24.3 Å². The number of para-hydroxylation sites is 3. The van der Waals surface area contributed by atoms with Crippen LogP contribution in [0.4, 0.5) is 19.2 Å². The van der Waals surface area contributed by atoms with Crippen LogP contribution in [0.5, 0.6) is 5.75 Å². The van der Waals surface area contributed by atoms with E-state index in [9.17, 15) is 18.0 Å². The van der Waals surface area contributed by atoms with E-state index in [4.69, 9.17) is 9.15 Å². The summed E-state index contributed by atoms with van der Waals surface area (Å²) >= 11 is 0. The fourth-order valence-electron chi connectivity index (χ4n) is 3.28. The average Bonchev–Trinajstić information content (AvgIpc) is 3.12. The number of anilines is 1. The molecule has 5 nitrogen and oxygen atoms in total. The first-order valence-corrected chi connectivity index (χ1v) is 8.90. The Kier molecular flexibility index (Phi) is 4.70. The quantitative estimate of drug-likeness (QED) is 0.481. The maximum absolute atomic E-state index is 13.1. The number of oxazole rings is 1. The van der Waals surface area contributed by atoms with E-state index in [1.165, 1.54) is 12.1 Å². The van der Waals surface area contributed by atoms with Gasteiger partial charge in [-0.15, -0.1) is 0 Å². The number of esters is 1. The lowest BCUT2D eigenvalue weighted by atomic mass is 9.97. The Bertz CT molecular complexity index is 959. The second-order valence-corrected chi connectivity index (χ2v) is 6.64. The Morgan fingerprint density at radius 2 is 1.75 bits per heavy atom. The number of aromatic nitrogens is 1. The van der Waals surface area contributed by atoms with Crippen LogP contribution >= 0.6 is 0 Å². The van der Waals surface area contributed by atoms with E-state index in [1.807, 2.05) is 29.2 Å². The van der Waals surface area contributed by atoms with Crippen molar-refractivity contribution in [2.75, 3.05) is 18.0 Å². The zero-order valence-corrected chi connectivity index (χ0v) is 14.8. The third kappa shape index (κ3) is 3.67. The molecule has 8 heteroatoms. The van der Waals surface area contributed by atoms with Gasteiger partial charge in [-0.2, -0.15) is 18.2 Å². The normalized spacial score (nSPS) is 15.8. The first-order valence-electron chi connectivity index (χ1n) is 8.90. The molecule has 0 N–H and O–H groups in total. The maximum Gasteiger partial charge on any atom is 0.419 e. The van der Waals surface area contributed by atoms with Crippen molar-refractivity contribution in [3.63, 3.8) is 0 Å². The monoisotopic (exact) mass is 390 g/mol. The molecule has 0 bridgehead atoms. The molecule has 0 saturated carbocycles. The van der Waals surface area contributed by atoms with Crippen LogP contribution in [0.1, 0.15) is 18.4 Å². The molecular weight excluding hydrogens is 373 g/mol. The topological polar surface area (TPSA) is 55.6 Å². The lowest BCUT2D eigenvalue weighted by molar-refractivity contribution is -0.144. The molecule has 2 heterocycles. The number of alkyl halides is 3. The Hall–Kier alpha value is -3.03. The van der Waals surface area contributed by atoms with Crippen LogP contribution in [-0.4, -0.2) is 24.0 Å². The minimum atomic E-state index is -4.58. The highest BCUT2D eigenvalue weighted by atomic mass is 19.4. The van der Waals surface area contributed by atoms with Crippen LogP contribution in [0.15, 0.2) is 52.9 Å². The summed E-state index contributed by atoms with van der Waals surface area (Å²) in [5.74, 6) is -1.57. The molecule has 3 aromatic rings. The van der Waals surface area contributed by atoms with E-state index in [1.54, 1.807) is 0 Å². The maximum atomic E-state index is 13.1. The fraction of sp³-hybridized carbons (Fsp3) is 0.300.